The van der Waals surface area contributed by atoms with Gasteiger partial charge in [0.25, 0.3) is 0 Å². The maximum Gasteiger partial charge on any atom is 0.137 e. The number of hydrogen-bond acceptors (Lipinski definition) is 3. The number of nitrogens with one attached hydrogen (secondary N) is 1. The molecule has 0 spiro atoms. The van der Waals surface area contributed by atoms with E-state index in [1.165, 1.54) is 10.9 Å². The van der Waals surface area contributed by atoms with Crippen LogP contribution in [0.15, 0.2) is 41.7 Å². The molecule has 3 heterocycles. The number of aliphatic imine (C=N–C) groups is 1. The highest BCUT2D eigenvalue weighted by Gasteiger charge is 2.18. The molecule has 1 unspecified atom stereocenters. The topological polar surface area (TPSA) is 44.3 Å². The minimum Gasteiger partial charge on any atom is -0.358 e. The lowest BCUT2D eigenvalue weighted by Gasteiger charge is -2.27. The van der Waals surface area contributed by atoms with Gasteiger partial charge in [-0.3, -0.25) is 4.99 Å². The first kappa shape index (κ1) is 12.9. The minimum absolute atomic E-state index is 0.178. The zero-order valence-corrected chi connectivity index (χ0v) is 12.2. The summed E-state index contributed by atoms with van der Waals surface area (Å²) in [6.07, 6.45) is 9.06. The van der Waals surface area contributed by atoms with Crippen LogP contribution in [-0.4, -0.2) is 33.8 Å². The first-order valence-corrected chi connectivity index (χ1v) is 7.06. The van der Waals surface area contributed by atoms with Crippen LogP contribution in [0.25, 0.3) is 11.0 Å². The molecule has 0 fully saturated rings. The van der Waals surface area contributed by atoms with Crippen LogP contribution in [-0.2, 0) is 0 Å². The first-order valence-electron chi connectivity index (χ1n) is 7.06. The SMILES string of the molecule is CC(C)N(C)C1=NC(c2ccnc3[nH]ccc23)CC=C1. The van der Waals surface area contributed by atoms with Gasteiger partial charge in [-0.05, 0) is 44.0 Å². The fourth-order valence-corrected chi connectivity index (χ4v) is 2.50. The van der Waals surface area contributed by atoms with Crippen molar-refractivity contribution in [1.82, 2.24) is 14.9 Å². The van der Waals surface area contributed by atoms with Crippen LogP contribution < -0.4 is 0 Å². The quantitative estimate of drug-likeness (QED) is 0.908. The van der Waals surface area contributed by atoms with E-state index in [1.807, 2.05) is 12.4 Å². The lowest BCUT2D eigenvalue weighted by atomic mass is 10.0. The van der Waals surface area contributed by atoms with Crippen LogP contribution in [0.5, 0.6) is 0 Å². The summed E-state index contributed by atoms with van der Waals surface area (Å²) in [5, 5.41) is 1.17. The van der Waals surface area contributed by atoms with Gasteiger partial charge in [-0.2, -0.15) is 0 Å². The number of pyridine rings is 1. The largest absolute Gasteiger partial charge is 0.358 e. The molecular formula is C16H20N4. The molecule has 0 amide bonds. The average Bonchev–Trinajstić information content (AvgIpc) is 2.94. The molecule has 1 aliphatic heterocycles. The number of dihydropyridines is 1. The van der Waals surface area contributed by atoms with Crippen LogP contribution in [0.1, 0.15) is 31.9 Å². The second kappa shape index (κ2) is 5.12. The molecule has 0 radical (unpaired) electrons. The van der Waals surface area contributed by atoms with Gasteiger partial charge in [0.15, 0.2) is 0 Å². The second-order valence-electron chi connectivity index (χ2n) is 5.49. The summed E-state index contributed by atoms with van der Waals surface area (Å²) in [5.41, 5.74) is 2.18. The first-order chi connectivity index (χ1) is 9.66. The van der Waals surface area contributed by atoms with Gasteiger partial charge < -0.3 is 9.88 Å². The van der Waals surface area contributed by atoms with E-state index in [0.717, 1.165) is 17.9 Å². The Morgan fingerprint density at radius 2 is 2.20 bits per heavy atom. The van der Waals surface area contributed by atoms with Crippen molar-refractivity contribution in [2.75, 3.05) is 7.05 Å². The van der Waals surface area contributed by atoms with Gasteiger partial charge in [0.05, 0.1) is 6.04 Å². The standard InChI is InChI=1S/C16H20N4/c1-11(2)20(3)15-6-4-5-14(19-15)12-7-9-17-16-13(12)8-10-18-16/h4,6-11,14H,5H2,1-3H3,(H,17,18). The lowest BCUT2D eigenvalue weighted by molar-refractivity contribution is 0.414. The molecule has 0 saturated carbocycles. The zero-order chi connectivity index (χ0) is 14.1. The Kier molecular flexibility index (Phi) is 3.30. The summed E-state index contributed by atoms with van der Waals surface area (Å²) in [6.45, 7) is 4.35. The molecule has 0 bridgehead atoms. The van der Waals surface area contributed by atoms with Crippen molar-refractivity contribution in [2.45, 2.75) is 32.4 Å². The fourth-order valence-electron chi connectivity index (χ4n) is 2.50. The molecular weight excluding hydrogens is 248 g/mol. The van der Waals surface area contributed by atoms with Gasteiger partial charge in [0.2, 0.25) is 0 Å². The molecule has 1 N–H and O–H groups in total. The molecule has 2 aromatic heterocycles. The van der Waals surface area contributed by atoms with Crippen molar-refractivity contribution in [3.63, 3.8) is 0 Å². The van der Waals surface area contributed by atoms with Crippen molar-refractivity contribution < 1.29 is 0 Å². The van der Waals surface area contributed by atoms with Crippen molar-refractivity contribution in [1.29, 1.82) is 0 Å². The highest BCUT2D eigenvalue weighted by molar-refractivity contribution is 5.94. The number of amidine groups is 1. The maximum atomic E-state index is 4.92. The zero-order valence-electron chi connectivity index (χ0n) is 12.2. The van der Waals surface area contributed by atoms with Gasteiger partial charge in [-0.1, -0.05) is 6.08 Å². The van der Waals surface area contributed by atoms with E-state index in [-0.39, 0.29) is 6.04 Å². The Bertz CT molecular complexity index is 666. The van der Waals surface area contributed by atoms with Gasteiger partial charge >= 0.3 is 0 Å². The second-order valence-corrected chi connectivity index (χ2v) is 5.49. The van der Waals surface area contributed by atoms with E-state index in [4.69, 9.17) is 4.99 Å². The Morgan fingerprint density at radius 1 is 1.35 bits per heavy atom. The van der Waals surface area contributed by atoms with Gasteiger partial charge in [0.1, 0.15) is 11.5 Å². The Balaban J connectivity index is 1.99. The molecule has 3 rings (SSSR count). The third-order valence-corrected chi connectivity index (χ3v) is 3.90. The molecule has 4 heteroatoms. The smallest absolute Gasteiger partial charge is 0.137 e. The van der Waals surface area contributed by atoms with Crippen LogP contribution in [0.4, 0.5) is 0 Å². The molecule has 20 heavy (non-hydrogen) atoms. The van der Waals surface area contributed by atoms with E-state index in [0.29, 0.717) is 6.04 Å². The van der Waals surface area contributed by atoms with E-state index in [9.17, 15) is 0 Å². The highest BCUT2D eigenvalue weighted by atomic mass is 15.2. The number of aromatic amines is 1. The monoisotopic (exact) mass is 268 g/mol. The summed E-state index contributed by atoms with van der Waals surface area (Å²) in [7, 11) is 2.09. The lowest BCUT2D eigenvalue weighted by Crippen LogP contribution is -2.33. The Hall–Kier alpha value is -2.10. The highest BCUT2D eigenvalue weighted by Crippen LogP contribution is 2.30. The van der Waals surface area contributed by atoms with Crippen LogP contribution in [0.2, 0.25) is 0 Å². The number of nitrogens with zero attached hydrogens (tertiary/aromatic N) is 3. The molecule has 104 valence electrons. The summed E-state index contributed by atoms with van der Waals surface area (Å²) < 4.78 is 0. The average molecular weight is 268 g/mol. The van der Waals surface area contributed by atoms with Crippen LogP contribution in [0, 0.1) is 0 Å². The summed E-state index contributed by atoms with van der Waals surface area (Å²) in [5.74, 6) is 1.05. The van der Waals surface area contributed by atoms with Crippen LogP contribution >= 0.6 is 0 Å². The summed E-state index contributed by atoms with van der Waals surface area (Å²) >= 11 is 0. The number of H-pyrrole nitrogens is 1. The fraction of sp³-hybridized carbons (Fsp3) is 0.375. The number of aromatic nitrogens is 2. The molecule has 2 aromatic rings. The molecule has 0 aliphatic carbocycles. The van der Waals surface area contributed by atoms with Crippen molar-refractivity contribution >= 4 is 16.9 Å². The maximum absolute atomic E-state index is 4.92. The van der Waals surface area contributed by atoms with E-state index >= 15 is 0 Å². The summed E-state index contributed by atoms with van der Waals surface area (Å²) in [4.78, 5) is 14.6. The molecule has 1 atom stereocenters. The molecule has 0 saturated heterocycles. The van der Waals surface area contributed by atoms with E-state index in [1.54, 1.807) is 0 Å². The number of rotatable bonds is 2. The van der Waals surface area contributed by atoms with E-state index < -0.39 is 0 Å². The van der Waals surface area contributed by atoms with Gasteiger partial charge in [-0.15, -0.1) is 0 Å². The normalized spacial score (nSPS) is 18.6. The number of hydrogen-bond donors (Lipinski definition) is 1. The Labute approximate surface area is 119 Å². The number of fused-ring (bicyclic) bond motifs is 1. The molecule has 0 aromatic carbocycles. The molecule has 4 nitrogen and oxygen atoms in total. The van der Waals surface area contributed by atoms with Gasteiger partial charge in [0, 0.05) is 30.9 Å². The van der Waals surface area contributed by atoms with E-state index in [2.05, 4.69) is 60.0 Å². The predicted molar refractivity (Wildman–Crippen MR) is 82.9 cm³/mol. The van der Waals surface area contributed by atoms with Crippen molar-refractivity contribution in [2.24, 2.45) is 4.99 Å². The van der Waals surface area contributed by atoms with Crippen molar-refractivity contribution in [3.05, 3.63) is 42.2 Å². The Morgan fingerprint density at radius 3 is 3.00 bits per heavy atom. The predicted octanol–water partition coefficient (Wildman–Crippen LogP) is 3.30. The van der Waals surface area contributed by atoms with Crippen molar-refractivity contribution in [3.8, 4) is 0 Å². The minimum atomic E-state index is 0.178. The van der Waals surface area contributed by atoms with Crippen LogP contribution in [0.3, 0.4) is 0 Å². The third kappa shape index (κ3) is 2.22. The summed E-state index contributed by atoms with van der Waals surface area (Å²) in [6, 6.07) is 4.78. The van der Waals surface area contributed by atoms with Gasteiger partial charge in [-0.25, -0.2) is 4.98 Å². The number of likely N-dealkylation sites (N-methyl/N-ethyl adjacent to an activating group) is 1. The third-order valence-electron chi connectivity index (χ3n) is 3.90. The molecule has 1 aliphatic rings.